The number of carbonyl (C=O) groups is 5. The van der Waals surface area contributed by atoms with E-state index in [1.165, 1.54) is 42.5 Å². The van der Waals surface area contributed by atoms with Crippen LogP contribution in [0.2, 0.25) is 0 Å². The highest BCUT2D eigenvalue weighted by molar-refractivity contribution is 6.29. The third kappa shape index (κ3) is 4.28. The monoisotopic (exact) mass is 383 g/mol. The SMILES string of the molecule is O=C(O)c1ccccc1C(=O)O.O=C(O)c1ccccc1N1C(=O)C=CC1=O. The Morgan fingerprint density at radius 2 is 0.964 bits per heavy atom. The summed E-state index contributed by atoms with van der Waals surface area (Å²) in [6, 6.07) is 11.3. The van der Waals surface area contributed by atoms with Crippen LogP contribution in [0, 0.1) is 0 Å². The molecule has 142 valence electrons. The first-order chi connectivity index (χ1) is 13.2. The number of para-hydroxylation sites is 1. The first-order valence-electron chi connectivity index (χ1n) is 7.68. The predicted octanol–water partition coefficient (Wildman–Crippen LogP) is 1.90. The number of aromatic carboxylic acids is 3. The average Bonchev–Trinajstić information content (AvgIpc) is 3.00. The molecule has 0 saturated heterocycles. The lowest BCUT2D eigenvalue weighted by atomic mass is 10.1. The minimum Gasteiger partial charge on any atom is -0.478 e. The zero-order valence-corrected chi connectivity index (χ0v) is 14.1. The zero-order valence-electron chi connectivity index (χ0n) is 14.1. The van der Waals surface area contributed by atoms with Gasteiger partial charge in [-0.05, 0) is 24.3 Å². The van der Waals surface area contributed by atoms with E-state index in [9.17, 15) is 24.0 Å². The molecule has 1 aliphatic rings. The summed E-state index contributed by atoms with van der Waals surface area (Å²) in [5, 5.41) is 26.0. The minimum absolute atomic E-state index is 0.0760. The molecular weight excluding hydrogens is 370 g/mol. The molecule has 3 N–H and O–H groups in total. The summed E-state index contributed by atoms with van der Waals surface area (Å²) in [6.45, 7) is 0. The van der Waals surface area contributed by atoms with Gasteiger partial charge in [-0.3, -0.25) is 9.59 Å². The largest absolute Gasteiger partial charge is 0.478 e. The van der Waals surface area contributed by atoms with E-state index in [2.05, 4.69) is 0 Å². The molecule has 28 heavy (non-hydrogen) atoms. The maximum Gasteiger partial charge on any atom is 0.337 e. The number of amides is 2. The van der Waals surface area contributed by atoms with Gasteiger partial charge in [0, 0.05) is 12.2 Å². The smallest absolute Gasteiger partial charge is 0.337 e. The maximum absolute atomic E-state index is 11.4. The Morgan fingerprint density at radius 1 is 0.607 bits per heavy atom. The Kier molecular flexibility index (Phi) is 6.02. The number of carbonyl (C=O) groups excluding carboxylic acids is 2. The number of hydrogen-bond acceptors (Lipinski definition) is 5. The Hall–Kier alpha value is -4.27. The number of benzene rings is 2. The van der Waals surface area contributed by atoms with Crippen molar-refractivity contribution >= 4 is 35.4 Å². The third-order valence-corrected chi connectivity index (χ3v) is 3.57. The predicted molar refractivity (Wildman–Crippen MR) is 95.4 cm³/mol. The van der Waals surface area contributed by atoms with E-state index in [1.54, 1.807) is 6.07 Å². The van der Waals surface area contributed by atoms with Crippen molar-refractivity contribution < 1.29 is 39.3 Å². The second-order valence-corrected chi connectivity index (χ2v) is 5.32. The van der Waals surface area contributed by atoms with Gasteiger partial charge in [-0.1, -0.05) is 24.3 Å². The number of carboxylic acid groups (broad SMARTS) is 3. The molecule has 0 saturated carbocycles. The van der Waals surface area contributed by atoms with Gasteiger partial charge in [0.2, 0.25) is 0 Å². The number of rotatable bonds is 4. The molecule has 9 nitrogen and oxygen atoms in total. The quantitative estimate of drug-likeness (QED) is 0.678. The van der Waals surface area contributed by atoms with E-state index in [-0.39, 0.29) is 22.4 Å². The molecule has 0 atom stereocenters. The van der Waals surface area contributed by atoms with Gasteiger partial charge < -0.3 is 15.3 Å². The van der Waals surface area contributed by atoms with E-state index in [4.69, 9.17) is 15.3 Å². The lowest BCUT2D eigenvalue weighted by Crippen LogP contribution is -2.31. The van der Waals surface area contributed by atoms with Crippen molar-refractivity contribution in [1.29, 1.82) is 0 Å². The number of carboxylic acids is 3. The summed E-state index contributed by atoms with van der Waals surface area (Å²) in [5.74, 6) is -4.69. The lowest BCUT2D eigenvalue weighted by molar-refractivity contribution is -0.120. The van der Waals surface area contributed by atoms with Crippen molar-refractivity contribution in [1.82, 2.24) is 0 Å². The molecule has 1 aliphatic heterocycles. The Labute approximate surface area is 157 Å². The highest BCUT2D eigenvalue weighted by Crippen LogP contribution is 2.23. The van der Waals surface area contributed by atoms with E-state index in [1.807, 2.05) is 0 Å². The first-order valence-corrected chi connectivity index (χ1v) is 7.68. The molecule has 2 amide bonds. The number of hydrogen-bond donors (Lipinski definition) is 3. The summed E-state index contributed by atoms with van der Waals surface area (Å²) < 4.78 is 0. The molecule has 0 aromatic heterocycles. The van der Waals surface area contributed by atoms with Crippen LogP contribution in [0.3, 0.4) is 0 Å². The molecule has 1 heterocycles. The zero-order chi connectivity index (χ0) is 20.8. The molecule has 0 bridgehead atoms. The standard InChI is InChI=1S/C11H7NO4.C8H6O4/c13-9-5-6-10(14)12(9)8-4-2-1-3-7(8)11(15)16;9-7(10)5-3-1-2-4-6(5)8(11)12/h1-6H,(H,15,16);1-4H,(H,9,10)(H,11,12). The van der Waals surface area contributed by atoms with Gasteiger partial charge >= 0.3 is 17.9 Å². The number of imide groups is 1. The fourth-order valence-corrected chi connectivity index (χ4v) is 2.34. The highest BCUT2D eigenvalue weighted by atomic mass is 16.4. The Morgan fingerprint density at radius 3 is 1.36 bits per heavy atom. The molecule has 2 aromatic carbocycles. The second-order valence-electron chi connectivity index (χ2n) is 5.32. The van der Waals surface area contributed by atoms with Crippen LogP contribution in [-0.4, -0.2) is 45.0 Å². The normalized spacial score (nSPS) is 12.4. The second kappa shape index (κ2) is 8.41. The van der Waals surface area contributed by atoms with Crippen LogP contribution in [0.1, 0.15) is 31.1 Å². The van der Waals surface area contributed by atoms with E-state index < -0.39 is 29.7 Å². The van der Waals surface area contributed by atoms with Crippen LogP contribution < -0.4 is 4.90 Å². The summed E-state index contributed by atoms with van der Waals surface area (Å²) in [5.41, 5.74) is -0.363. The van der Waals surface area contributed by atoms with Gasteiger partial charge in [-0.2, -0.15) is 0 Å². The van der Waals surface area contributed by atoms with Crippen molar-refractivity contribution in [2.45, 2.75) is 0 Å². The van der Waals surface area contributed by atoms with Gasteiger partial charge in [0.05, 0.1) is 22.4 Å². The van der Waals surface area contributed by atoms with Crippen LogP contribution in [0.5, 0.6) is 0 Å². The van der Waals surface area contributed by atoms with E-state index in [0.29, 0.717) is 0 Å². The molecule has 2 aromatic rings. The van der Waals surface area contributed by atoms with Crippen molar-refractivity contribution in [3.05, 3.63) is 77.4 Å². The maximum atomic E-state index is 11.4. The summed E-state index contributed by atoms with van der Waals surface area (Å²) in [4.78, 5) is 55.5. The van der Waals surface area contributed by atoms with Crippen LogP contribution >= 0.6 is 0 Å². The summed E-state index contributed by atoms with van der Waals surface area (Å²) in [6.07, 6.45) is 2.22. The minimum atomic E-state index is -1.23. The Bertz CT molecular complexity index is 957. The van der Waals surface area contributed by atoms with Gasteiger partial charge in [0.1, 0.15) is 0 Å². The van der Waals surface area contributed by atoms with Crippen LogP contribution in [-0.2, 0) is 9.59 Å². The van der Waals surface area contributed by atoms with Gasteiger partial charge in [0.15, 0.2) is 0 Å². The molecular formula is C19H13NO8. The Balaban J connectivity index is 0.000000209. The van der Waals surface area contributed by atoms with Crippen molar-refractivity contribution in [3.8, 4) is 0 Å². The number of nitrogens with zero attached hydrogens (tertiary/aromatic N) is 1. The fraction of sp³-hybridized carbons (Fsp3) is 0. The van der Waals surface area contributed by atoms with Crippen molar-refractivity contribution in [2.24, 2.45) is 0 Å². The average molecular weight is 383 g/mol. The molecule has 0 unspecified atom stereocenters. The molecule has 3 rings (SSSR count). The van der Waals surface area contributed by atoms with Crippen LogP contribution in [0.25, 0.3) is 0 Å². The summed E-state index contributed by atoms with van der Waals surface area (Å²) >= 11 is 0. The van der Waals surface area contributed by atoms with E-state index >= 15 is 0 Å². The van der Waals surface area contributed by atoms with Gasteiger partial charge in [0.25, 0.3) is 11.8 Å². The van der Waals surface area contributed by atoms with Crippen molar-refractivity contribution in [2.75, 3.05) is 4.90 Å². The molecule has 0 aliphatic carbocycles. The lowest BCUT2D eigenvalue weighted by Gasteiger charge is -2.15. The molecule has 0 spiro atoms. The third-order valence-electron chi connectivity index (χ3n) is 3.57. The summed E-state index contributed by atoms with van der Waals surface area (Å²) in [7, 11) is 0. The number of anilines is 1. The van der Waals surface area contributed by atoms with Gasteiger partial charge in [-0.15, -0.1) is 0 Å². The fourth-order valence-electron chi connectivity index (χ4n) is 2.34. The van der Waals surface area contributed by atoms with Crippen LogP contribution in [0.15, 0.2) is 60.7 Å². The molecule has 0 radical (unpaired) electrons. The topological polar surface area (TPSA) is 149 Å². The van der Waals surface area contributed by atoms with E-state index in [0.717, 1.165) is 17.1 Å². The first kappa shape index (κ1) is 20.0. The molecule has 0 fully saturated rings. The van der Waals surface area contributed by atoms with Gasteiger partial charge in [-0.25, -0.2) is 19.3 Å². The molecule has 9 heteroatoms. The highest BCUT2D eigenvalue weighted by Gasteiger charge is 2.28. The van der Waals surface area contributed by atoms with Crippen molar-refractivity contribution in [3.63, 3.8) is 0 Å². The van der Waals surface area contributed by atoms with Crippen LogP contribution in [0.4, 0.5) is 5.69 Å².